The largest absolute Gasteiger partial charge is 0.416 e. The molecule has 4 nitrogen and oxygen atoms in total. The second kappa shape index (κ2) is 8.36. The molecular formula is C18H27F3N2O2. The summed E-state index contributed by atoms with van der Waals surface area (Å²) in [6.07, 6.45) is 2.46. The zero-order chi connectivity index (χ0) is 18.5. The van der Waals surface area contributed by atoms with Crippen molar-refractivity contribution in [3.05, 3.63) is 23.8 Å². The molecule has 25 heavy (non-hydrogen) atoms. The number of carbonyl (C=O) groups is 1. The number of halogens is 3. The lowest BCUT2D eigenvalue weighted by atomic mass is 9.80. The van der Waals surface area contributed by atoms with Crippen molar-refractivity contribution >= 4 is 5.91 Å². The van der Waals surface area contributed by atoms with E-state index in [0.29, 0.717) is 32.7 Å². The normalized spacial score (nSPS) is 27.9. The first-order valence-corrected chi connectivity index (χ1v) is 8.92. The number of rotatable bonds is 6. The SMILES string of the molecule is CCCCCC(=O)NC1(N2CCOCC2)C(C(F)(F)F)=CC=CC1C. The molecule has 0 spiro atoms. The molecule has 142 valence electrons. The second-order valence-electron chi connectivity index (χ2n) is 6.62. The predicted octanol–water partition coefficient (Wildman–Crippen LogP) is 3.41. The summed E-state index contributed by atoms with van der Waals surface area (Å²) in [6.45, 7) is 5.15. The van der Waals surface area contributed by atoms with Crippen molar-refractivity contribution in [2.45, 2.75) is 51.4 Å². The summed E-state index contributed by atoms with van der Waals surface area (Å²) in [5.41, 5.74) is -2.28. The minimum absolute atomic E-state index is 0.238. The first kappa shape index (κ1) is 20.0. The van der Waals surface area contributed by atoms with E-state index in [2.05, 4.69) is 5.32 Å². The molecule has 2 rings (SSSR count). The number of nitrogens with one attached hydrogen (secondary N) is 1. The van der Waals surface area contributed by atoms with Crippen molar-refractivity contribution in [1.82, 2.24) is 10.2 Å². The van der Waals surface area contributed by atoms with Crippen molar-refractivity contribution < 1.29 is 22.7 Å². The van der Waals surface area contributed by atoms with Gasteiger partial charge in [-0.3, -0.25) is 9.69 Å². The summed E-state index contributed by atoms with van der Waals surface area (Å²) in [6, 6.07) is 0. The molecule has 1 saturated heterocycles. The topological polar surface area (TPSA) is 41.6 Å². The molecule has 0 aromatic rings. The summed E-state index contributed by atoms with van der Waals surface area (Å²) in [4.78, 5) is 14.2. The third kappa shape index (κ3) is 4.44. The minimum Gasteiger partial charge on any atom is -0.379 e. The van der Waals surface area contributed by atoms with Crippen molar-refractivity contribution in [2.75, 3.05) is 26.3 Å². The highest BCUT2D eigenvalue weighted by Gasteiger charge is 2.55. The van der Waals surface area contributed by atoms with Gasteiger partial charge in [0.25, 0.3) is 0 Å². The molecule has 1 amide bonds. The maximum absolute atomic E-state index is 13.8. The molecule has 0 bridgehead atoms. The number of morpholine rings is 1. The van der Waals surface area contributed by atoms with Crippen LogP contribution >= 0.6 is 0 Å². The van der Waals surface area contributed by atoms with Crippen molar-refractivity contribution in [3.63, 3.8) is 0 Å². The van der Waals surface area contributed by atoms with Gasteiger partial charge in [-0.05, 0) is 6.42 Å². The molecule has 1 aliphatic heterocycles. The van der Waals surface area contributed by atoms with Gasteiger partial charge in [-0.25, -0.2) is 0 Å². The lowest BCUT2D eigenvalue weighted by Gasteiger charge is -2.51. The zero-order valence-corrected chi connectivity index (χ0v) is 14.9. The Balaban J connectivity index is 2.35. The van der Waals surface area contributed by atoms with Gasteiger partial charge in [-0.1, -0.05) is 44.9 Å². The van der Waals surface area contributed by atoms with Gasteiger partial charge in [-0.2, -0.15) is 13.2 Å². The van der Waals surface area contributed by atoms with Crippen LogP contribution in [0.4, 0.5) is 13.2 Å². The first-order chi connectivity index (χ1) is 11.8. The average Bonchev–Trinajstić information content (AvgIpc) is 2.56. The number of nitrogens with zero attached hydrogens (tertiary/aromatic N) is 1. The molecular weight excluding hydrogens is 333 g/mol. The van der Waals surface area contributed by atoms with E-state index >= 15 is 0 Å². The van der Waals surface area contributed by atoms with Gasteiger partial charge in [0.1, 0.15) is 5.66 Å². The molecule has 7 heteroatoms. The van der Waals surface area contributed by atoms with Gasteiger partial charge in [0, 0.05) is 25.4 Å². The Labute approximate surface area is 147 Å². The van der Waals surface area contributed by atoms with E-state index < -0.39 is 23.3 Å². The maximum atomic E-state index is 13.8. The van der Waals surface area contributed by atoms with E-state index in [1.807, 2.05) is 6.92 Å². The Morgan fingerprint density at radius 2 is 2.04 bits per heavy atom. The Kier molecular flexibility index (Phi) is 6.68. The molecule has 0 radical (unpaired) electrons. The molecule has 2 atom stereocenters. The lowest BCUT2D eigenvalue weighted by Crippen LogP contribution is -2.69. The number of amides is 1. The van der Waals surface area contributed by atoms with Crippen LogP contribution in [-0.2, 0) is 9.53 Å². The molecule has 2 aliphatic rings. The fourth-order valence-corrected chi connectivity index (χ4v) is 3.59. The van der Waals surface area contributed by atoms with E-state index in [1.165, 1.54) is 6.08 Å². The smallest absolute Gasteiger partial charge is 0.379 e. The van der Waals surface area contributed by atoms with E-state index in [1.54, 1.807) is 17.9 Å². The quantitative estimate of drug-likeness (QED) is 0.738. The van der Waals surface area contributed by atoms with Gasteiger partial charge in [0.2, 0.25) is 5.91 Å². The molecule has 0 aromatic carbocycles. The third-order valence-corrected chi connectivity index (χ3v) is 4.88. The Morgan fingerprint density at radius 1 is 1.36 bits per heavy atom. The van der Waals surface area contributed by atoms with Crippen LogP contribution in [0.5, 0.6) is 0 Å². The summed E-state index contributed by atoms with van der Waals surface area (Å²) in [7, 11) is 0. The third-order valence-electron chi connectivity index (χ3n) is 4.88. The van der Waals surface area contributed by atoms with Gasteiger partial charge in [0.05, 0.1) is 18.8 Å². The first-order valence-electron chi connectivity index (χ1n) is 8.92. The number of ether oxygens (including phenoxy) is 1. The van der Waals surface area contributed by atoms with Crippen LogP contribution in [0, 0.1) is 5.92 Å². The Morgan fingerprint density at radius 3 is 2.64 bits per heavy atom. The lowest BCUT2D eigenvalue weighted by molar-refractivity contribution is -0.142. The van der Waals surface area contributed by atoms with Crippen LogP contribution in [0.3, 0.4) is 0 Å². The number of carbonyl (C=O) groups excluding carboxylic acids is 1. The van der Waals surface area contributed by atoms with Crippen LogP contribution in [0.2, 0.25) is 0 Å². The summed E-state index contributed by atoms with van der Waals surface area (Å²) in [5, 5.41) is 2.76. The monoisotopic (exact) mass is 360 g/mol. The Hall–Kier alpha value is -1.34. The van der Waals surface area contributed by atoms with E-state index in [9.17, 15) is 18.0 Å². The maximum Gasteiger partial charge on any atom is 0.416 e. The van der Waals surface area contributed by atoms with E-state index in [4.69, 9.17) is 4.74 Å². The molecule has 1 aliphatic carbocycles. The Bertz CT molecular complexity index is 525. The fraction of sp³-hybridized carbons (Fsp3) is 0.722. The van der Waals surface area contributed by atoms with Gasteiger partial charge >= 0.3 is 6.18 Å². The highest BCUT2D eigenvalue weighted by Crippen LogP contribution is 2.43. The second-order valence-corrected chi connectivity index (χ2v) is 6.62. The summed E-state index contributed by atoms with van der Waals surface area (Å²) < 4.78 is 46.7. The summed E-state index contributed by atoms with van der Waals surface area (Å²) >= 11 is 0. The molecule has 2 unspecified atom stereocenters. The van der Waals surface area contributed by atoms with Gasteiger partial charge in [0.15, 0.2) is 0 Å². The number of alkyl halides is 3. The van der Waals surface area contributed by atoms with Crippen molar-refractivity contribution in [3.8, 4) is 0 Å². The number of hydrogen-bond donors (Lipinski definition) is 1. The van der Waals surface area contributed by atoms with Crippen LogP contribution in [-0.4, -0.2) is 48.9 Å². The van der Waals surface area contributed by atoms with Gasteiger partial charge < -0.3 is 10.1 Å². The highest BCUT2D eigenvalue weighted by atomic mass is 19.4. The molecule has 1 heterocycles. The fourth-order valence-electron chi connectivity index (χ4n) is 3.59. The number of allylic oxidation sites excluding steroid dienone is 2. The molecule has 1 fully saturated rings. The molecule has 0 aromatic heterocycles. The average molecular weight is 360 g/mol. The van der Waals surface area contributed by atoms with Crippen LogP contribution in [0.15, 0.2) is 23.8 Å². The number of hydrogen-bond acceptors (Lipinski definition) is 3. The predicted molar refractivity (Wildman–Crippen MR) is 89.8 cm³/mol. The van der Waals surface area contributed by atoms with Crippen LogP contribution < -0.4 is 5.32 Å². The van der Waals surface area contributed by atoms with Crippen LogP contribution in [0.25, 0.3) is 0 Å². The standard InChI is InChI=1S/C18H27F3N2O2/c1-3-4-5-9-16(24)22-17(23-10-12-25-13-11-23)14(2)7-6-8-15(17)18(19,20)21/h6-8,14H,3-5,9-13H2,1-2H3,(H,22,24). The zero-order valence-electron chi connectivity index (χ0n) is 14.9. The highest BCUT2D eigenvalue weighted by molar-refractivity contribution is 5.77. The van der Waals surface area contributed by atoms with Crippen molar-refractivity contribution in [2.24, 2.45) is 5.92 Å². The van der Waals surface area contributed by atoms with E-state index in [0.717, 1.165) is 18.9 Å². The van der Waals surface area contributed by atoms with Crippen LogP contribution in [0.1, 0.15) is 39.5 Å². The molecule has 1 N–H and O–H groups in total. The van der Waals surface area contributed by atoms with Crippen molar-refractivity contribution in [1.29, 1.82) is 0 Å². The minimum atomic E-state index is -4.52. The summed E-state index contributed by atoms with van der Waals surface area (Å²) in [5.74, 6) is -0.834. The molecule has 0 saturated carbocycles. The van der Waals surface area contributed by atoms with E-state index in [-0.39, 0.29) is 12.3 Å². The number of unbranched alkanes of at least 4 members (excludes halogenated alkanes) is 2. The van der Waals surface area contributed by atoms with Gasteiger partial charge in [-0.15, -0.1) is 0 Å².